The van der Waals surface area contributed by atoms with Crippen LogP contribution in [-0.4, -0.2) is 55.9 Å². The molecule has 9 nitrogen and oxygen atoms in total. The minimum Gasteiger partial charge on any atom is -0.463 e. The van der Waals surface area contributed by atoms with Gasteiger partial charge in [0.15, 0.2) is 0 Å². The zero-order valence-corrected chi connectivity index (χ0v) is 41.6. The molecule has 1 aromatic carbocycles. The van der Waals surface area contributed by atoms with Gasteiger partial charge in [-0.3, -0.25) is 19.2 Å². The van der Waals surface area contributed by atoms with Gasteiger partial charge in [-0.25, -0.2) is 0 Å². The molecular weight excluding hydrogens is 805 g/mol. The molecule has 0 spiro atoms. The van der Waals surface area contributed by atoms with Crippen molar-refractivity contribution >= 4 is 23.9 Å². The summed E-state index contributed by atoms with van der Waals surface area (Å²) in [6, 6.07) is 9.84. The van der Waals surface area contributed by atoms with Gasteiger partial charge in [-0.1, -0.05) is 210 Å². The Morgan fingerprint density at radius 3 is 0.906 bits per heavy atom. The first-order valence-electron chi connectivity index (χ1n) is 26.5. The molecule has 0 bridgehead atoms. The lowest BCUT2D eigenvalue weighted by atomic mass is 10.0. The maximum absolute atomic E-state index is 12.0. The fourth-order valence-corrected chi connectivity index (χ4v) is 7.91. The summed E-state index contributed by atoms with van der Waals surface area (Å²) < 4.78 is 26.8. The van der Waals surface area contributed by atoms with Crippen LogP contribution in [-0.2, 0) is 49.5 Å². The van der Waals surface area contributed by atoms with E-state index in [1.54, 1.807) is 0 Å². The lowest BCUT2D eigenvalue weighted by Crippen LogP contribution is -2.23. The van der Waals surface area contributed by atoms with E-state index in [2.05, 4.69) is 0 Å². The summed E-state index contributed by atoms with van der Waals surface area (Å²) in [7, 11) is 0. The molecule has 0 saturated carbocycles. The molecule has 0 heterocycles. The van der Waals surface area contributed by atoms with E-state index in [0.717, 1.165) is 56.9 Å². The summed E-state index contributed by atoms with van der Waals surface area (Å²) in [6.07, 6.45) is 40.9. The number of esters is 4. The van der Waals surface area contributed by atoms with Gasteiger partial charge in [0.2, 0.25) is 0 Å². The molecule has 0 fully saturated rings. The van der Waals surface area contributed by atoms with Crippen molar-refractivity contribution in [1.82, 2.24) is 0 Å². The van der Waals surface area contributed by atoms with E-state index in [1.807, 2.05) is 51.1 Å². The van der Waals surface area contributed by atoms with Crippen molar-refractivity contribution in [2.45, 2.75) is 264 Å². The van der Waals surface area contributed by atoms with Crippen molar-refractivity contribution in [3.8, 4) is 0 Å². The number of hydrogen-bond acceptors (Lipinski definition) is 9. The Balaban J connectivity index is 1.70. The van der Waals surface area contributed by atoms with Crippen LogP contribution < -0.4 is 0 Å². The molecule has 0 amide bonds. The molecule has 1 rings (SSSR count). The maximum atomic E-state index is 12.0. The van der Waals surface area contributed by atoms with E-state index in [0.29, 0.717) is 45.5 Å². The number of hydrogen-bond donors (Lipinski definition) is 0. The van der Waals surface area contributed by atoms with Gasteiger partial charge in [0.1, 0.15) is 25.4 Å². The number of carbonyl (C=O) groups excluding carboxylic acids is 4. The number of benzene rings is 1. The third-order valence-corrected chi connectivity index (χ3v) is 11.7. The van der Waals surface area contributed by atoms with Crippen molar-refractivity contribution < 1.29 is 42.9 Å². The van der Waals surface area contributed by atoms with Crippen LogP contribution in [0, 0.1) is 0 Å². The second kappa shape index (κ2) is 43.9. The van der Waals surface area contributed by atoms with Gasteiger partial charge in [0, 0.05) is 25.7 Å². The molecule has 0 aliphatic rings. The van der Waals surface area contributed by atoms with E-state index in [-0.39, 0.29) is 42.7 Å². The normalized spacial score (nSPS) is 11.4. The van der Waals surface area contributed by atoms with Gasteiger partial charge in [-0.15, -0.1) is 0 Å². The smallest absolute Gasteiger partial charge is 0.306 e. The molecule has 370 valence electrons. The maximum Gasteiger partial charge on any atom is 0.306 e. The van der Waals surface area contributed by atoms with Crippen molar-refractivity contribution in [2.24, 2.45) is 0 Å². The molecule has 0 aliphatic carbocycles. The average Bonchev–Trinajstić information content (AvgIpc) is 3.26. The van der Waals surface area contributed by atoms with Crippen LogP contribution in [0.4, 0.5) is 0 Å². The van der Waals surface area contributed by atoms with E-state index >= 15 is 0 Å². The number of ether oxygens (including phenoxy) is 5. The quantitative estimate of drug-likeness (QED) is 0.0358. The minimum absolute atomic E-state index is 0.0708. The standard InChI is InChI=1S/C55H96O9/c1-55(2,3)64-54(59)44-38-31-27-23-19-15-11-7-6-9-13-17-21-25-29-36-42-52(57)62-48-46-60-45-47-61-51(56)41-35-28-24-20-16-12-8-4-5-10-14-18-22-26-30-37-43-53(58)63-49-50-39-33-32-34-40-50/h32-34,39-40H,4-31,35-38,41-49H2,1-3H3. The van der Waals surface area contributed by atoms with Crippen LogP contribution in [0.15, 0.2) is 30.3 Å². The van der Waals surface area contributed by atoms with Crippen LogP contribution in [0.3, 0.4) is 0 Å². The molecule has 0 aliphatic heterocycles. The largest absolute Gasteiger partial charge is 0.463 e. The zero-order chi connectivity index (χ0) is 46.4. The molecule has 0 saturated heterocycles. The van der Waals surface area contributed by atoms with Crippen molar-refractivity contribution in [3.05, 3.63) is 35.9 Å². The topological polar surface area (TPSA) is 114 Å². The van der Waals surface area contributed by atoms with Gasteiger partial charge in [-0.2, -0.15) is 0 Å². The SMILES string of the molecule is CC(C)(C)OC(=O)CCCCCCCCCCCCCCCCCCC(=O)OCCOCCOC(=O)CCCCCCCCCCCCCCCCCCC(=O)OCc1ccccc1. The molecule has 9 heteroatoms. The van der Waals surface area contributed by atoms with Crippen LogP contribution in [0.1, 0.15) is 257 Å². The van der Waals surface area contributed by atoms with E-state index < -0.39 is 0 Å². The Morgan fingerprint density at radius 1 is 0.344 bits per heavy atom. The Labute approximate surface area is 392 Å². The third kappa shape index (κ3) is 44.3. The van der Waals surface area contributed by atoms with Crippen LogP contribution in [0.5, 0.6) is 0 Å². The summed E-state index contributed by atoms with van der Waals surface area (Å²) in [5.74, 6) is -0.479. The Bertz CT molecular complexity index is 1230. The monoisotopic (exact) mass is 901 g/mol. The fourth-order valence-electron chi connectivity index (χ4n) is 7.91. The Kier molecular flexibility index (Phi) is 40.5. The summed E-state index contributed by atoms with van der Waals surface area (Å²) in [5, 5.41) is 0. The van der Waals surface area contributed by atoms with Crippen LogP contribution in [0.25, 0.3) is 0 Å². The fraction of sp³-hybridized carbons (Fsp3) is 0.818. The molecule has 0 radical (unpaired) electrons. The van der Waals surface area contributed by atoms with E-state index in [1.165, 1.54) is 154 Å². The van der Waals surface area contributed by atoms with Gasteiger partial charge in [0.25, 0.3) is 0 Å². The highest BCUT2D eigenvalue weighted by molar-refractivity contribution is 5.70. The summed E-state index contributed by atoms with van der Waals surface area (Å²) in [5.41, 5.74) is 0.659. The lowest BCUT2D eigenvalue weighted by molar-refractivity contribution is -0.155. The predicted molar refractivity (Wildman–Crippen MR) is 261 cm³/mol. The first-order valence-corrected chi connectivity index (χ1v) is 26.5. The molecular formula is C55H96O9. The summed E-state index contributed by atoms with van der Waals surface area (Å²) in [4.78, 5) is 47.7. The first-order chi connectivity index (χ1) is 31.2. The third-order valence-electron chi connectivity index (χ3n) is 11.7. The van der Waals surface area contributed by atoms with Crippen molar-refractivity contribution in [2.75, 3.05) is 26.4 Å². The Morgan fingerprint density at radius 2 is 0.609 bits per heavy atom. The first kappa shape index (κ1) is 59.1. The second-order valence-electron chi connectivity index (χ2n) is 19.1. The van der Waals surface area contributed by atoms with Crippen molar-refractivity contribution in [3.63, 3.8) is 0 Å². The minimum atomic E-state index is -0.378. The van der Waals surface area contributed by atoms with Gasteiger partial charge >= 0.3 is 23.9 Å². The van der Waals surface area contributed by atoms with E-state index in [4.69, 9.17) is 23.7 Å². The Hall–Kier alpha value is -2.94. The predicted octanol–water partition coefficient (Wildman–Crippen LogP) is 15.2. The molecule has 1 aromatic rings. The summed E-state index contributed by atoms with van der Waals surface area (Å²) >= 11 is 0. The summed E-state index contributed by atoms with van der Waals surface area (Å²) in [6.45, 7) is 7.25. The second-order valence-corrected chi connectivity index (χ2v) is 19.1. The van der Waals surface area contributed by atoms with Crippen LogP contribution >= 0.6 is 0 Å². The lowest BCUT2D eigenvalue weighted by Gasteiger charge is -2.19. The van der Waals surface area contributed by atoms with Crippen molar-refractivity contribution in [1.29, 1.82) is 0 Å². The molecule has 0 atom stereocenters. The number of carbonyl (C=O) groups is 4. The average molecular weight is 901 g/mol. The highest BCUT2D eigenvalue weighted by atomic mass is 16.6. The number of rotatable bonds is 46. The molecule has 0 N–H and O–H groups in total. The van der Waals surface area contributed by atoms with Gasteiger partial charge < -0.3 is 23.7 Å². The zero-order valence-electron chi connectivity index (χ0n) is 41.6. The highest BCUT2D eigenvalue weighted by Crippen LogP contribution is 2.17. The molecule has 0 unspecified atom stereocenters. The molecule has 64 heavy (non-hydrogen) atoms. The van der Waals surface area contributed by atoms with E-state index in [9.17, 15) is 19.2 Å². The number of unbranched alkanes of at least 4 members (excludes halogenated alkanes) is 30. The highest BCUT2D eigenvalue weighted by Gasteiger charge is 2.15. The van der Waals surface area contributed by atoms with Gasteiger partial charge in [0.05, 0.1) is 13.2 Å². The van der Waals surface area contributed by atoms with Gasteiger partial charge in [-0.05, 0) is 52.0 Å². The van der Waals surface area contributed by atoms with Crippen LogP contribution in [0.2, 0.25) is 0 Å². The molecule has 0 aromatic heterocycles.